The molecule has 0 atom stereocenters. The zero-order valence-electron chi connectivity index (χ0n) is 16.4. The fourth-order valence-corrected chi connectivity index (χ4v) is 3.42. The molecule has 0 aliphatic heterocycles. The Balaban J connectivity index is 0.00000256. The van der Waals surface area contributed by atoms with Crippen molar-refractivity contribution in [3.05, 3.63) is 66.1 Å². The summed E-state index contributed by atoms with van der Waals surface area (Å²) >= 11 is 0. The summed E-state index contributed by atoms with van der Waals surface area (Å²) in [5.74, 6) is 2.02. The van der Waals surface area contributed by atoms with E-state index in [1.807, 2.05) is 54.9 Å². The summed E-state index contributed by atoms with van der Waals surface area (Å²) in [6.07, 6.45) is 4.29. The van der Waals surface area contributed by atoms with E-state index in [1.54, 1.807) is 14.2 Å². The highest BCUT2D eigenvalue weighted by molar-refractivity contribution is 5.89. The van der Waals surface area contributed by atoms with Crippen LogP contribution in [0.4, 0.5) is 0 Å². The highest BCUT2D eigenvalue weighted by atomic mass is 16.5. The van der Waals surface area contributed by atoms with Crippen molar-refractivity contribution in [1.29, 1.82) is 0 Å². The third-order valence-corrected chi connectivity index (χ3v) is 4.81. The van der Waals surface area contributed by atoms with E-state index >= 15 is 0 Å². The molecular weight excluding hydrogens is 380 g/mol. The van der Waals surface area contributed by atoms with Crippen LogP contribution in [0.1, 0.15) is 18.7 Å². The van der Waals surface area contributed by atoms with E-state index < -0.39 is 0 Å². The molecule has 0 saturated carbocycles. The largest absolute Gasteiger partial charge is 0.493 e. The number of para-hydroxylation sites is 1. The van der Waals surface area contributed by atoms with Gasteiger partial charge in [0, 0.05) is 35.3 Å². The quantitative estimate of drug-likeness (QED) is 0.490. The number of aliphatic hydroxyl groups is 1. The summed E-state index contributed by atoms with van der Waals surface area (Å²) in [5, 5.41) is 12.1. The van der Waals surface area contributed by atoms with Crippen LogP contribution in [0.3, 0.4) is 0 Å². The highest BCUT2D eigenvalue weighted by Gasteiger charge is 2.11. The second-order valence-electron chi connectivity index (χ2n) is 6.61. The van der Waals surface area contributed by atoms with E-state index in [1.165, 1.54) is 0 Å². The molecule has 6 nitrogen and oxygen atoms in total. The number of nitrogens with zero attached hydrogens (tertiary/aromatic N) is 2. The second-order valence-corrected chi connectivity index (χ2v) is 6.61. The maximum absolute atomic E-state index is 9.06. The topological polar surface area (TPSA) is 73.7 Å². The number of pyridine rings is 2. The Bertz CT molecular complexity index is 1160. The molecule has 2 heterocycles. The average molecular weight is 406 g/mol. The van der Waals surface area contributed by atoms with Crippen LogP contribution in [0.2, 0.25) is 0 Å². The number of benzene rings is 2. The summed E-state index contributed by atoms with van der Waals surface area (Å²) in [6, 6.07) is 13.7. The molecule has 0 unspecified atom stereocenters. The first-order valence-corrected chi connectivity index (χ1v) is 9.34. The standard InChI is InChI=1S/C23H22N2O4.CH4/c1-27-21-11-17-14-24-13-16(19(17)12-22(21)28-2)10-18-7-6-15-4-3-5-20(23(15)25-18)29-9-8-26;/h3-7,11-14,26H,8-10H2,1-2H3;1H4. The molecule has 0 saturated heterocycles. The van der Waals surface area contributed by atoms with Gasteiger partial charge in [-0.3, -0.25) is 4.98 Å². The normalized spacial score (nSPS) is 10.6. The monoisotopic (exact) mass is 406 g/mol. The first kappa shape index (κ1) is 21.3. The number of rotatable bonds is 7. The summed E-state index contributed by atoms with van der Waals surface area (Å²) in [7, 11) is 3.25. The zero-order chi connectivity index (χ0) is 20.2. The first-order valence-electron chi connectivity index (χ1n) is 9.34. The Labute approximate surface area is 176 Å². The molecule has 6 heteroatoms. The van der Waals surface area contributed by atoms with E-state index in [0.29, 0.717) is 23.7 Å². The number of hydrogen-bond acceptors (Lipinski definition) is 6. The summed E-state index contributed by atoms with van der Waals surface area (Å²) < 4.78 is 16.5. The Hall–Kier alpha value is -3.38. The Kier molecular flexibility index (Phi) is 6.69. The van der Waals surface area contributed by atoms with E-state index in [4.69, 9.17) is 24.3 Å². The van der Waals surface area contributed by atoms with Crippen LogP contribution in [0.25, 0.3) is 21.7 Å². The minimum Gasteiger partial charge on any atom is -0.493 e. The summed E-state index contributed by atoms with van der Waals surface area (Å²) in [4.78, 5) is 9.20. The molecule has 0 bridgehead atoms. The van der Waals surface area contributed by atoms with Gasteiger partial charge in [-0.15, -0.1) is 0 Å². The predicted molar refractivity (Wildman–Crippen MR) is 119 cm³/mol. The van der Waals surface area contributed by atoms with Crippen LogP contribution in [0.5, 0.6) is 17.2 Å². The molecule has 0 amide bonds. The van der Waals surface area contributed by atoms with Gasteiger partial charge >= 0.3 is 0 Å². The predicted octanol–water partition coefficient (Wildman–Crippen LogP) is 4.40. The number of aromatic nitrogens is 2. The Morgan fingerprint density at radius 1 is 0.900 bits per heavy atom. The van der Waals surface area contributed by atoms with Crippen LogP contribution in [-0.4, -0.2) is 42.5 Å². The number of ether oxygens (including phenoxy) is 3. The second kappa shape index (κ2) is 9.41. The van der Waals surface area contributed by atoms with Crippen LogP contribution in [0.15, 0.2) is 54.9 Å². The molecule has 30 heavy (non-hydrogen) atoms. The van der Waals surface area contributed by atoms with Crippen LogP contribution >= 0.6 is 0 Å². The van der Waals surface area contributed by atoms with Crippen molar-refractivity contribution in [3.63, 3.8) is 0 Å². The van der Waals surface area contributed by atoms with Crippen molar-refractivity contribution in [2.45, 2.75) is 13.8 Å². The van der Waals surface area contributed by atoms with Gasteiger partial charge < -0.3 is 19.3 Å². The third kappa shape index (κ3) is 4.14. The van der Waals surface area contributed by atoms with Gasteiger partial charge in [-0.05, 0) is 35.2 Å². The maximum Gasteiger partial charge on any atom is 0.161 e. The molecule has 2 aromatic carbocycles. The molecular formula is C24H26N2O4. The number of aliphatic hydroxyl groups excluding tert-OH is 1. The number of hydrogen-bond donors (Lipinski definition) is 1. The minimum absolute atomic E-state index is 0. The molecule has 4 rings (SSSR count). The lowest BCUT2D eigenvalue weighted by Gasteiger charge is -2.12. The van der Waals surface area contributed by atoms with Crippen LogP contribution in [0, 0.1) is 0 Å². The minimum atomic E-state index is -0.0386. The van der Waals surface area contributed by atoms with Crippen molar-refractivity contribution in [1.82, 2.24) is 9.97 Å². The zero-order valence-corrected chi connectivity index (χ0v) is 16.4. The van der Waals surface area contributed by atoms with Crippen LogP contribution in [-0.2, 0) is 6.42 Å². The summed E-state index contributed by atoms with van der Waals surface area (Å²) in [6.45, 7) is 0.197. The molecule has 2 aromatic heterocycles. The average Bonchev–Trinajstić information content (AvgIpc) is 2.77. The van der Waals surface area contributed by atoms with Gasteiger partial charge in [0.15, 0.2) is 11.5 Å². The van der Waals surface area contributed by atoms with E-state index in [9.17, 15) is 0 Å². The van der Waals surface area contributed by atoms with E-state index in [0.717, 1.165) is 32.9 Å². The Morgan fingerprint density at radius 2 is 1.70 bits per heavy atom. The van der Waals surface area contributed by atoms with E-state index in [2.05, 4.69) is 4.98 Å². The Morgan fingerprint density at radius 3 is 2.47 bits per heavy atom. The van der Waals surface area contributed by atoms with Gasteiger partial charge in [0.1, 0.15) is 17.9 Å². The van der Waals surface area contributed by atoms with Crippen LogP contribution < -0.4 is 14.2 Å². The lowest BCUT2D eigenvalue weighted by Crippen LogP contribution is -2.03. The van der Waals surface area contributed by atoms with Gasteiger partial charge in [-0.2, -0.15) is 0 Å². The number of fused-ring (bicyclic) bond motifs is 2. The van der Waals surface area contributed by atoms with Gasteiger partial charge in [0.2, 0.25) is 0 Å². The molecule has 0 fully saturated rings. The highest BCUT2D eigenvalue weighted by Crippen LogP contribution is 2.34. The molecule has 0 aliphatic carbocycles. The van der Waals surface area contributed by atoms with Crippen molar-refractivity contribution in [2.75, 3.05) is 27.4 Å². The third-order valence-electron chi connectivity index (χ3n) is 4.81. The molecule has 1 N–H and O–H groups in total. The van der Waals surface area contributed by atoms with Crippen molar-refractivity contribution >= 4 is 21.7 Å². The summed E-state index contributed by atoms with van der Waals surface area (Å²) in [5.41, 5.74) is 2.73. The van der Waals surface area contributed by atoms with Crippen molar-refractivity contribution < 1.29 is 19.3 Å². The van der Waals surface area contributed by atoms with Gasteiger partial charge in [0.25, 0.3) is 0 Å². The lowest BCUT2D eigenvalue weighted by atomic mass is 10.0. The van der Waals surface area contributed by atoms with Gasteiger partial charge in [0.05, 0.1) is 20.8 Å². The molecule has 156 valence electrons. The van der Waals surface area contributed by atoms with E-state index in [-0.39, 0.29) is 20.6 Å². The molecule has 0 spiro atoms. The van der Waals surface area contributed by atoms with Gasteiger partial charge in [-0.25, -0.2) is 4.98 Å². The SMILES string of the molecule is C.COc1cc2cncc(Cc3ccc4cccc(OCCO)c4n3)c2cc1OC. The lowest BCUT2D eigenvalue weighted by molar-refractivity contribution is 0.202. The van der Waals surface area contributed by atoms with Gasteiger partial charge in [-0.1, -0.05) is 25.6 Å². The smallest absolute Gasteiger partial charge is 0.161 e. The maximum atomic E-state index is 9.06. The molecule has 4 aromatic rings. The fraction of sp³-hybridized carbons (Fsp3) is 0.250. The molecule has 0 aliphatic rings. The molecule has 0 radical (unpaired) electrons. The first-order chi connectivity index (χ1) is 14.2. The number of methoxy groups -OCH3 is 2. The van der Waals surface area contributed by atoms with Crippen molar-refractivity contribution in [2.24, 2.45) is 0 Å². The fourth-order valence-electron chi connectivity index (χ4n) is 3.42. The van der Waals surface area contributed by atoms with Crippen molar-refractivity contribution in [3.8, 4) is 17.2 Å².